The van der Waals surface area contributed by atoms with Crippen LogP contribution in [0.1, 0.15) is 23.5 Å². The average Bonchev–Trinajstić information content (AvgIpc) is 3.44. The molecule has 0 saturated carbocycles. The van der Waals surface area contributed by atoms with Crippen molar-refractivity contribution in [2.45, 2.75) is 12.1 Å². The van der Waals surface area contributed by atoms with Crippen molar-refractivity contribution < 1.29 is 4.74 Å². The van der Waals surface area contributed by atoms with Crippen LogP contribution >= 0.6 is 12.2 Å². The van der Waals surface area contributed by atoms with E-state index >= 15 is 0 Å². The van der Waals surface area contributed by atoms with Crippen LogP contribution in [0.2, 0.25) is 0 Å². The summed E-state index contributed by atoms with van der Waals surface area (Å²) in [6.07, 6.45) is 5.63. The summed E-state index contributed by atoms with van der Waals surface area (Å²) in [5.74, 6) is 1.63. The Balaban J connectivity index is 1.67. The molecule has 1 aliphatic heterocycles. The van der Waals surface area contributed by atoms with Gasteiger partial charge in [0.05, 0.1) is 18.8 Å². The van der Waals surface area contributed by atoms with Gasteiger partial charge in [0, 0.05) is 36.0 Å². The van der Waals surface area contributed by atoms with Gasteiger partial charge in [-0.15, -0.1) is 0 Å². The molecule has 0 radical (unpaired) electrons. The lowest BCUT2D eigenvalue weighted by Gasteiger charge is -2.29. The molecule has 31 heavy (non-hydrogen) atoms. The maximum Gasteiger partial charge on any atom is 0.174 e. The van der Waals surface area contributed by atoms with Gasteiger partial charge in [0.1, 0.15) is 17.6 Å². The van der Waals surface area contributed by atoms with Gasteiger partial charge in [0.15, 0.2) is 5.11 Å². The number of methoxy groups -OCH3 is 1. The Kier molecular flexibility index (Phi) is 5.09. The van der Waals surface area contributed by atoms with Gasteiger partial charge in [-0.25, -0.2) is 4.98 Å². The number of anilines is 1. The summed E-state index contributed by atoms with van der Waals surface area (Å²) >= 11 is 5.81. The van der Waals surface area contributed by atoms with E-state index in [2.05, 4.69) is 30.8 Å². The number of hydrogen-bond donors (Lipinski definition) is 1. The molecule has 3 aromatic heterocycles. The molecule has 154 valence electrons. The van der Waals surface area contributed by atoms with Gasteiger partial charge in [0.2, 0.25) is 0 Å². The van der Waals surface area contributed by atoms with Gasteiger partial charge in [-0.3, -0.25) is 4.98 Å². The maximum atomic E-state index is 5.81. The molecule has 1 N–H and O–H groups in total. The normalized spacial score (nSPS) is 18.1. The predicted octanol–water partition coefficient (Wildman–Crippen LogP) is 4.45. The van der Waals surface area contributed by atoms with Crippen LogP contribution in [0.15, 0.2) is 91.4 Å². The van der Waals surface area contributed by atoms with E-state index < -0.39 is 0 Å². The van der Waals surface area contributed by atoms with Crippen molar-refractivity contribution >= 4 is 23.0 Å². The summed E-state index contributed by atoms with van der Waals surface area (Å²) in [4.78, 5) is 11.3. The number of benzene rings is 1. The number of rotatable bonds is 5. The quantitative estimate of drug-likeness (QED) is 0.475. The summed E-state index contributed by atoms with van der Waals surface area (Å²) in [5.41, 5.74) is 2.94. The molecule has 5 rings (SSSR count). The van der Waals surface area contributed by atoms with Crippen LogP contribution in [0.25, 0.3) is 5.82 Å². The number of nitrogens with one attached hydrogen (secondary N) is 1. The largest absolute Gasteiger partial charge is 0.497 e. The minimum Gasteiger partial charge on any atom is -0.497 e. The lowest BCUT2D eigenvalue weighted by Crippen LogP contribution is -2.30. The van der Waals surface area contributed by atoms with Crippen LogP contribution in [-0.4, -0.2) is 26.8 Å². The zero-order valence-corrected chi connectivity index (χ0v) is 17.7. The second-order valence-electron chi connectivity index (χ2n) is 7.19. The highest BCUT2D eigenvalue weighted by molar-refractivity contribution is 7.80. The number of nitrogens with zero attached hydrogens (tertiary/aromatic N) is 4. The van der Waals surface area contributed by atoms with Crippen molar-refractivity contribution in [2.75, 3.05) is 12.0 Å². The van der Waals surface area contributed by atoms with Gasteiger partial charge < -0.3 is 19.5 Å². The first-order valence-electron chi connectivity index (χ1n) is 9.99. The summed E-state index contributed by atoms with van der Waals surface area (Å²) in [7, 11) is 1.67. The molecular formula is C24H21N5OS. The van der Waals surface area contributed by atoms with E-state index in [1.807, 2.05) is 79.1 Å². The van der Waals surface area contributed by atoms with E-state index in [1.54, 1.807) is 13.3 Å². The van der Waals surface area contributed by atoms with Gasteiger partial charge >= 0.3 is 0 Å². The molecule has 2 atom stereocenters. The summed E-state index contributed by atoms with van der Waals surface area (Å²) in [6, 6.07) is 23.7. The fraction of sp³-hybridized carbons (Fsp3) is 0.125. The second kappa shape index (κ2) is 8.20. The van der Waals surface area contributed by atoms with Crippen molar-refractivity contribution in [3.8, 4) is 11.6 Å². The first kappa shape index (κ1) is 19.3. The minimum absolute atomic E-state index is 0.128. The number of hydrogen-bond acceptors (Lipinski definition) is 4. The molecule has 4 aromatic rings. The SMILES string of the molecule is COc1cccc(N2C(=S)N[C@@H](c3ccccn3)[C@H]2c2cccn2-c2ccccn2)c1. The Morgan fingerprint density at radius 3 is 2.52 bits per heavy atom. The number of ether oxygens (including phenoxy) is 1. The molecule has 0 aliphatic carbocycles. The predicted molar refractivity (Wildman–Crippen MR) is 124 cm³/mol. The number of pyridine rings is 2. The Morgan fingerprint density at radius 1 is 0.935 bits per heavy atom. The first-order chi connectivity index (χ1) is 15.3. The lowest BCUT2D eigenvalue weighted by atomic mass is 10.0. The standard InChI is InChI=1S/C24H21N5OS/c1-30-18-9-6-8-17(16-18)29-23(22(27-24(29)31)19-10-2-4-13-25-19)20-11-7-15-28(20)21-12-3-5-14-26-21/h2-16,22-23H,1H3,(H,27,31)/t22-,23+/m0/s1. The molecule has 1 aromatic carbocycles. The van der Waals surface area contributed by atoms with E-state index in [4.69, 9.17) is 17.0 Å². The van der Waals surface area contributed by atoms with Gasteiger partial charge in [0.25, 0.3) is 0 Å². The molecule has 0 spiro atoms. The Labute approximate surface area is 186 Å². The third kappa shape index (κ3) is 3.53. The topological polar surface area (TPSA) is 55.2 Å². The summed E-state index contributed by atoms with van der Waals surface area (Å²) < 4.78 is 7.56. The van der Waals surface area contributed by atoms with E-state index in [-0.39, 0.29) is 12.1 Å². The Bertz CT molecular complexity index is 1190. The number of thiocarbonyl (C=S) groups is 1. The van der Waals surface area contributed by atoms with Crippen LogP contribution in [0, 0.1) is 0 Å². The zero-order chi connectivity index (χ0) is 21.2. The van der Waals surface area contributed by atoms with Crippen molar-refractivity contribution in [1.82, 2.24) is 19.9 Å². The third-order valence-electron chi connectivity index (χ3n) is 5.41. The fourth-order valence-corrected chi connectivity index (χ4v) is 4.38. The van der Waals surface area contributed by atoms with E-state index in [9.17, 15) is 0 Å². The Morgan fingerprint density at radius 2 is 1.77 bits per heavy atom. The molecule has 1 saturated heterocycles. The van der Waals surface area contributed by atoms with E-state index in [1.165, 1.54) is 0 Å². The summed E-state index contributed by atoms with van der Waals surface area (Å²) in [6.45, 7) is 0. The summed E-state index contributed by atoms with van der Waals surface area (Å²) in [5, 5.41) is 4.13. The second-order valence-corrected chi connectivity index (χ2v) is 7.58. The van der Waals surface area contributed by atoms with Crippen LogP contribution in [0.4, 0.5) is 5.69 Å². The molecule has 7 heteroatoms. The van der Waals surface area contributed by atoms with Gasteiger partial charge in [-0.2, -0.15) is 0 Å². The highest BCUT2D eigenvalue weighted by Crippen LogP contribution is 2.42. The van der Waals surface area contributed by atoms with E-state index in [0.717, 1.165) is 28.6 Å². The van der Waals surface area contributed by atoms with Gasteiger partial charge in [-0.1, -0.05) is 18.2 Å². The third-order valence-corrected chi connectivity index (χ3v) is 5.72. The van der Waals surface area contributed by atoms with Crippen molar-refractivity contribution in [1.29, 1.82) is 0 Å². The van der Waals surface area contributed by atoms with Crippen LogP contribution < -0.4 is 15.0 Å². The molecular weight excluding hydrogens is 406 g/mol. The first-order valence-corrected chi connectivity index (χ1v) is 10.4. The van der Waals surface area contributed by atoms with Crippen molar-refractivity contribution in [3.63, 3.8) is 0 Å². The smallest absolute Gasteiger partial charge is 0.174 e. The van der Waals surface area contributed by atoms with Crippen molar-refractivity contribution in [2.24, 2.45) is 0 Å². The molecule has 0 unspecified atom stereocenters. The molecule has 1 fully saturated rings. The average molecular weight is 428 g/mol. The molecule has 6 nitrogen and oxygen atoms in total. The van der Waals surface area contributed by atoms with E-state index in [0.29, 0.717) is 5.11 Å². The number of aromatic nitrogens is 3. The molecule has 1 aliphatic rings. The van der Waals surface area contributed by atoms with Crippen molar-refractivity contribution in [3.05, 3.63) is 103 Å². The lowest BCUT2D eigenvalue weighted by molar-refractivity contribution is 0.414. The van der Waals surface area contributed by atoms with Crippen LogP contribution in [-0.2, 0) is 0 Å². The minimum atomic E-state index is -0.133. The Hall–Kier alpha value is -3.71. The zero-order valence-electron chi connectivity index (χ0n) is 16.9. The highest BCUT2D eigenvalue weighted by atomic mass is 32.1. The van der Waals surface area contributed by atoms with Gasteiger partial charge in [-0.05, 0) is 60.7 Å². The van der Waals surface area contributed by atoms with Crippen LogP contribution in [0.3, 0.4) is 0 Å². The monoisotopic (exact) mass is 427 g/mol. The highest BCUT2D eigenvalue weighted by Gasteiger charge is 2.42. The molecule has 4 heterocycles. The van der Waals surface area contributed by atoms with Crippen LogP contribution in [0.5, 0.6) is 5.75 Å². The fourth-order valence-electron chi connectivity index (χ4n) is 4.03. The maximum absolute atomic E-state index is 5.81. The molecule has 0 amide bonds. The molecule has 0 bridgehead atoms.